The van der Waals surface area contributed by atoms with E-state index in [2.05, 4.69) is 10.6 Å². The Hall–Kier alpha value is -1.99. The van der Waals surface area contributed by atoms with E-state index in [0.29, 0.717) is 45.1 Å². The number of amides is 4. The molecule has 0 aromatic carbocycles. The Morgan fingerprint density at radius 1 is 0.742 bits per heavy atom. The maximum Gasteiger partial charge on any atom is 0.410 e. The van der Waals surface area contributed by atoms with Crippen LogP contribution in [-0.2, 0) is 9.53 Å². The summed E-state index contributed by atoms with van der Waals surface area (Å²) in [6.45, 7) is 8.03. The quantitative estimate of drug-likeness (QED) is 0.710. The highest BCUT2D eigenvalue weighted by Gasteiger charge is 2.32. The molecule has 0 spiro atoms. The van der Waals surface area contributed by atoms with Crippen LogP contribution < -0.4 is 10.6 Å². The van der Waals surface area contributed by atoms with Crippen LogP contribution >= 0.6 is 0 Å². The highest BCUT2D eigenvalue weighted by Crippen LogP contribution is 2.21. The molecular weight excluding hydrogens is 396 g/mol. The number of urea groups is 1. The zero-order chi connectivity index (χ0) is 22.4. The lowest BCUT2D eigenvalue weighted by molar-refractivity contribution is -0.127. The number of hydrogen-bond donors (Lipinski definition) is 2. The summed E-state index contributed by atoms with van der Waals surface area (Å²) < 4.78 is 5.42. The number of likely N-dealkylation sites (tertiary alicyclic amines) is 2. The topological polar surface area (TPSA) is 91.0 Å². The molecule has 0 unspecified atom stereocenters. The third-order valence-corrected chi connectivity index (χ3v) is 6.58. The van der Waals surface area contributed by atoms with E-state index in [0.717, 1.165) is 25.7 Å². The molecule has 2 aliphatic heterocycles. The predicted octanol–water partition coefficient (Wildman–Crippen LogP) is 3.26. The highest BCUT2D eigenvalue weighted by molar-refractivity contribution is 5.79. The first-order valence-electron chi connectivity index (χ1n) is 12.0. The van der Waals surface area contributed by atoms with Gasteiger partial charge in [0.25, 0.3) is 0 Å². The van der Waals surface area contributed by atoms with Gasteiger partial charge in [-0.1, -0.05) is 19.3 Å². The molecule has 3 fully saturated rings. The molecule has 0 aromatic heterocycles. The molecule has 0 atom stereocenters. The average Bonchev–Trinajstić information content (AvgIpc) is 2.74. The van der Waals surface area contributed by atoms with Gasteiger partial charge >= 0.3 is 12.1 Å². The molecule has 1 aliphatic carbocycles. The van der Waals surface area contributed by atoms with Crippen LogP contribution in [0.15, 0.2) is 0 Å². The normalized spacial score (nSPS) is 22.2. The van der Waals surface area contributed by atoms with Gasteiger partial charge in [0.1, 0.15) is 5.60 Å². The van der Waals surface area contributed by atoms with Gasteiger partial charge in [0.2, 0.25) is 5.91 Å². The van der Waals surface area contributed by atoms with Crippen molar-refractivity contribution in [2.24, 2.45) is 5.92 Å². The van der Waals surface area contributed by atoms with Crippen LogP contribution in [0.1, 0.15) is 78.6 Å². The van der Waals surface area contributed by atoms with Crippen LogP contribution in [-0.4, -0.2) is 71.7 Å². The van der Waals surface area contributed by atoms with Crippen molar-refractivity contribution in [1.82, 2.24) is 20.4 Å². The molecule has 2 N–H and O–H groups in total. The van der Waals surface area contributed by atoms with Gasteiger partial charge in [-0.15, -0.1) is 0 Å². The summed E-state index contributed by atoms with van der Waals surface area (Å²) in [6, 6.07) is 0.492. The van der Waals surface area contributed by atoms with E-state index in [-0.39, 0.29) is 30.0 Å². The second-order valence-corrected chi connectivity index (χ2v) is 10.3. The van der Waals surface area contributed by atoms with Crippen LogP contribution in [0.3, 0.4) is 0 Å². The molecule has 0 bridgehead atoms. The number of rotatable bonds is 3. The number of hydrogen-bond acceptors (Lipinski definition) is 4. The van der Waals surface area contributed by atoms with Gasteiger partial charge < -0.3 is 25.2 Å². The minimum absolute atomic E-state index is 0.0474. The summed E-state index contributed by atoms with van der Waals surface area (Å²) in [7, 11) is 0. The molecule has 1 saturated carbocycles. The fraction of sp³-hybridized carbons (Fsp3) is 0.870. The third-order valence-electron chi connectivity index (χ3n) is 6.58. The van der Waals surface area contributed by atoms with Crippen LogP contribution in [0, 0.1) is 5.92 Å². The largest absolute Gasteiger partial charge is 0.444 e. The summed E-state index contributed by atoms with van der Waals surface area (Å²) in [4.78, 5) is 41.0. The highest BCUT2D eigenvalue weighted by atomic mass is 16.6. The predicted molar refractivity (Wildman–Crippen MR) is 119 cm³/mol. The molecule has 0 radical (unpaired) electrons. The van der Waals surface area contributed by atoms with E-state index in [4.69, 9.17) is 4.74 Å². The van der Waals surface area contributed by atoms with Crippen molar-refractivity contribution >= 4 is 18.0 Å². The van der Waals surface area contributed by atoms with E-state index in [1.54, 1.807) is 4.90 Å². The number of piperidine rings is 2. The number of carbonyl (C=O) groups is 3. The minimum Gasteiger partial charge on any atom is -0.444 e. The van der Waals surface area contributed by atoms with Crippen LogP contribution in [0.2, 0.25) is 0 Å². The van der Waals surface area contributed by atoms with Gasteiger partial charge in [0, 0.05) is 44.2 Å². The monoisotopic (exact) mass is 436 g/mol. The van der Waals surface area contributed by atoms with E-state index < -0.39 is 5.60 Å². The summed E-state index contributed by atoms with van der Waals surface area (Å²) in [5.74, 6) is 0.0141. The smallest absolute Gasteiger partial charge is 0.410 e. The number of carbonyl (C=O) groups excluding carboxylic acids is 3. The SMILES string of the molecule is CC(C)(C)OC(=O)N1CCC(C(=O)NC2CCN(C(=O)NC3CCCCC3)CC2)CC1. The lowest BCUT2D eigenvalue weighted by atomic mass is 9.94. The Bertz CT molecular complexity index is 626. The first-order chi connectivity index (χ1) is 14.7. The fourth-order valence-electron chi connectivity index (χ4n) is 4.71. The molecule has 4 amide bonds. The Labute approximate surface area is 186 Å². The average molecular weight is 437 g/mol. The van der Waals surface area contributed by atoms with Crippen molar-refractivity contribution in [2.45, 2.75) is 96.2 Å². The molecule has 2 saturated heterocycles. The minimum atomic E-state index is -0.506. The number of nitrogens with one attached hydrogen (secondary N) is 2. The van der Waals surface area contributed by atoms with Crippen molar-refractivity contribution in [3.05, 3.63) is 0 Å². The van der Waals surface area contributed by atoms with Gasteiger partial charge in [0.15, 0.2) is 0 Å². The van der Waals surface area contributed by atoms with Crippen molar-refractivity contribution < 1.29 is 19.1 Å². The van der Waals surface area contributed by atoms with Gasteiger partial charge in [-0.25, -0.2) is 9.59 Å². The van der Waals surface area contributed by atoms with Gasteiger partial charge in [0.05, 0.1) is 0 Å². The molecule has 8 heteroatoms. The Morgan fingerprint density at radius 2 is 1.29 bits per heavy atom. The summed E-state index contributed by atoms with van der Waals surface area (Å²) in [5.41, 5.74) is -0.506. The standard InChI is InChI=1S/C23H40N4O4/c1-23(2,3)31-22(30)27-13-9-17(10-14-27)20(28)24-19-11-15-26(16-12-19)21(29)25-18-7-5-4-6-8-18/h17-19H,4-16H2,1-3H3,(H,24,28)(H,25,29). The van der Waals surface area contributed by atoms with E-state index in [1.165, 1.54) is 19.3 Å². The third kappa shape index (κ3) is 7.28. The maximum atomic E-state index is 12.7. The molecule has 8 nitrogen and oxygen atoms in total. The molecule has 31 heavy (non-hydrogen) atoms. The van der Waals surface area contributed by atoms with Gasteiger partial charge in [-0.05, 0) is 59.3 Å². The van der Waals surface area contributed by atoms with Crippen LogP contribution in [0.4, 0.5) is 9.59 Å². The Balaban J connectivity index is 1.34. The first kappa shape index (κ1) is 23.7. The molecule has 3 rings (SSSR count). The van der Waals surface area contributed by atoms with Crippen molar-refractivity contribution in [2.75, 3.05) is 26.2 Å². The maximum absolute atomic E-state index is 12.7. The Morgan fingerprint density at radius 3 is 1.87 bits per heavy atom. The van der Waals surface area contributed by atoms with E-state index >= 15 is 0 Å². The summed E-state index contributed by atoms with van der Waals surface area (Å²) in [5, 5.41) is 6.36. The summed E-state index contributed by atoms with van der Waals surface area (Å²) in [6.07, 6.45) is 8.46. The van der Waals surface area contributed by atoms with Crippen molar-refractivity contribution in [3.8, 4) is 0 Å². The van der Waals surface area contributed by atoms with Crippen LogP contribution in [0.5, 0.6) is 0 Å². The van der Waals surface area contributed by atoms with E-state index in [1.807, 2.05) is 25.7 Å². The van der Waals surface area contributed by atoms with Gasteiger partial charge in [-0.2, -0.15) is 0 Å². The Kier molecular flexibility index (Phi) is 8.06. The molecule has 0 aromatic rings. The van der Waals surface area contributed by atoms with Crippen molar-refractivity contribution in [3.63, 3.8) is 0 Å². The van der Waals surface area contributed by atoms with Gasteiger partial charge in [-0.3, -0.25) is 4.79 Å². The second kappa shape index (κ2) is 10.6. The van der Waals surface area contributed by atoms with Crippen molar-refractivity contribution in [1.29, 1.82) is 0 Å². The second-order valence-electron chi connectivity index (χ2n) is 10.3. The number of nitrogens with zero attached hydrogens (tertiary/aromatic N) is 2. The first-order valence-corrected chi connectivity index (χ1v) is 12.0. The molecule has 2 heterocycles. The lowest BCUT2D eigenvalue weighted by Crippen LogP contribution is -2.52. The van der Waals surface area contributed by atoms with E-state index in [9.17, 15) is 14.4 Å². The van der Waals surface area contributed by atoms with Crippen LogP contribution in [0.25, 0.3) is 0 Å². The fourth-order valence-corrected chi connectivity index (χ4v) is 4.71. The molecule has 176 valence electrons. The summed E-state index contributed by atoms with van der Waals surface area (Å²) >= 11 is 0. The number of ether oxygens (including phenoxy) is 1. The molecular formula is C23H40N4O4. The lowest BCUT2D eigenvalue weighted by Gasteiger charge is -2.36. The molecule has 3 aliphatic rings. The zero-order valence-electron chi connectivity index (χ0n) is 19.5. The zero-order valence-corrected chi connectivity index (χ0v) is 19.5.